The number of esters is 2. The highest BCUT2D eigenvalue weighted by Crippen LogP contribution is 2.17. The number of unbranched alkanes of at least 4 members (excludes halogenated alkanes) is 29. The van der Waals surface area contributed by atoms with Crippen molar-refractivity contribution >= 4 is 17.9 Å². The Hall–Kier alpha value is -2.45. The van der Waals surface area contributed by atoms with Crippen LogP contribution >= 0.6 is 0 Å². The number of carboxylic acids is 1. The number of quaternary nitrogens is 1. The first kappa shape index (κ1) is 59.5. The Kier molecular flexibility index (Phi) is 43.3. The zero-order valence-electron chi connectivity index (χ0n) is 41.3. The molecule has 0 aliphatic rings. The average molecular weight is 875 g/mol. The molecule has 0 aliphatic heterocycles. The molecular formula is C54H100NO7+. The molecule has 2 atom stereocenters. The fourth-order valence-corrected chi connectivity index (χ4v) is 7.86. The summed E-state index contributed by atoms with van der Waals surface area (Å²) in [5, 5.41) is 9.65. The fraction of sp³-hybridized carbons (Fsp3) is 0.833. The lowest BCUT2D eigenvalue weighted by Gasteiger charge is -2.31. The monoisotopic (exact) mass is 875 g/mol. The summed E-state index contributed by atoms with van der Waals surface area (Å²) >= 11 is 0. The van der Waals surface area contributed by atoms with E-state index in [2.05, 4.69) is 50.3 Å². The van der Waals surface area contributed by atoms with E-state index in [0.717, 1.165) is 51.4 Å². The van der Waals surface area contributed by atoms with Gasteiger partial charge in [-0.05, 0) is 32.1 Å². The van der Waals surface area contributed by atoms with E-state index in [4.69, 9.17) is 14.2 Å². The summed E-state index contributed by atoms with van der Waals surface area (Å²) in [6.45, 7) is 4.63. The maximum atomic E-state index is 12.8. The third-order valence-electron chi connectivity index (χ3n) is 11.9. The summed E-state index contributed by atoms with van der Waals surface area (Å²) < 4.78 is 17.4. The third-order valence-corrected chi connectivity index (χ3v) is 11.9. The molecule has 2 unspecified atom stereocenters. The Balaban J connectivity index is 4.17. The van der Waals surface area contributed by atoms with Crippen LogP contribution in [0, 0.1) is 0 Å². The second kappa shape index (κ2) is 45.1. The van der Waals surface area contributed by atoms with Gasteiger partial charge in [0, 0.05) is 19.3 Å². The first-order chi connectivity index (χ1) is 30.1. The molecule has 0 rings (SSSR count). The van der Waals surface area contributed by atoms with Crippen molar-refractivity contribution in [3.63, 3.8) is 0 Å². The molecule has 1 N–H and O–H groups in total. The van der Waals surface area contributed by atoms with Crippen molar-refractivity contribution in [2.75, 3.05) is 41.0 Å². The topological polar surface area (TPSA) is 99.1 Å². The van der Waals surface area contributed by atoms with Gasteiger partial charge in [-0.1, -0.05) is 224 Å². The van der Waals surface area contributed by atoms with Gasteiger partial charge in [0.05, 0.1) is 34.4 Å². The van der Waals surface area contributed by atoms with E-state index < -0.39 is 18.1 Å². The quantitative estimate of drug-likeness (QED) is 0.0281. The molecular weight excluding hydrogens is 775 g/mol. The number of hydrogen-bond acceptors (Lipinski definition) is 6. The zero-order chi connectivity index (χ0) is 45.6. The number of carboxylic acid groups (broad SMARTS) is 1. The van der Waals surface area contributed by atoms with Gasteiger partial charge in [0.25, 0.3) is 0 Å². The molecule has 0 spiro atoms. The van der Waals surface area contributed by atoms with Crippen LogP contribution in [0.3, 0.4) is 0 Å². The van der Waals surface area contributed by atoms with Crippen molar-refractivity contribution in [2.45, 2.75) is 251 Å². The summed E-state index contributed by atoms with van der Waals surface area (Å²) in [5.74, 6) is -1.47. The predicted octanol–water partition coefficient (Wildman–Crippen LogP) is 15.0. The van der Waals surface area contributed by atoms with Gasteiger partial charge in [0.2, 0.25) is 0 Å². The van der Waals surface area contributed by atoms with Crippen LogP contribution in [0.1, 0.15) is 239 Å². The first-order valence-electron chi connectivity index (χ1n) is 26.1. The molecule has 8 heteroatoms. The number of likely N-dealkylation sites (N-methyl/N-ethyl adjacent to an activating group) is 1. The number of rotatable bonds is 47. The molecule has 62 heavy (non-hydrogen) atoms. The Morgan fingerprint density at radius 3 is 1.32 bits per heavy atom. The van der Waals surface area contributed by atoms with Gasteiger partial charge in [0.15, 0.2) is 12.1 Å². The molecule has 0 heterocycles. The number of carbonyl (C=O) groups excluding carboxylic acids is 2. The Bertz CT molecular complexity index is 1110. The van der Waals surface area contributed by atoms with Crippen LogP contribution in [0.2, 0.25) is 0 Å². The number of allylic oxidation sites excluding steroid dienone is 6. The average Bonchev–Trinajstić information content (AvgIpc) is 3.23. The molecule has 0 saturated carbocycles. The smallest absolute Gasteiger partial charge is 0.362 e. The van der Waals surface area contributed by atoms with Crippen molar-refractivity contribution in [1.82, 2.24) is 0 Å². The summed E-state index contributed by atoms with van der Waals surface area (Å²) in [5.41, 5.74) is 0. The van der Waals surface area contributed by atoms with Crippen molar-refractivity contribution in [3.8, 4) is 0 Å². The molecule has 0 amide bonds. The van der Waals surface area contributed by atoms with E-state index in [1.165, 1.54) is 154 Å². The van der Waals surface area contributed by atoms with Crippen LogP contribution < -0.4 is 0 Å². The molecule has 8 nitrogen and oxygen atoms in total. The highest BCUT2D eigenvalue weighted by molar-refractivity contribution is 5.72. The van der Waals surface area contributed by atoms with Crippen LogP contribution in [0.15, 0.2) is 36.5 Å². The zero-order valence-corrected chi connectivity index (χ0v) is 41.3. The highest BCUT2D eigenvalue weighted by Gasteiger charge is 2.31. The molecule has 0 aromatic carbocycles. The van der Waals surface area contributed by atoms with Gasteiger partial charge in [-0.25, -0.2) is 4.79 Å². The highest BCUT2D eigenvalue weighted by atomic mass is 16.6. The second-order valence-electron chi connectivity index (χ2n) is 18.8. The van der Waals surface area contributed by atoms with Crippen molar-refractivity contribution in [2.24, 2.45) is 0 Å². The fourth-order valence-electron chi connectivity index (χ4n) is 7.86. The van der Waals surface area contributed by atoms with Gasteiger partial charge in [0.1, 0.15) is 6.61 Å². The lowest BCUT2D eigenvalue weighted by molar-refractivity contribution is -0.887. The number of aliphatic carboxylic acids is 1. The molecule has 0 saturated heterocycles. The Morgan fingerprint density at radius 1 is 0.500 bits per heavy atom. The summed E-state index contributed by atoms with van der Waals surface area (Å²) in [4.78, 5) is 37.1. The normalized spacial score (nSPS) is 13.1. The van der Waals surface area contributed by atoms with Gasteiger partial charge in [-0.3, -0.25) is 9.59 Å². The maximum absolute atomic E-state index is 12.8. The van der Waals surface area contributed by atoms with Gasteiger partial charge >= 0.3 is 17.9 Å². The van der Waals surface area contributed by atoms with Gasteiger partial charge in [-0.2, -0.15) is 0 Å². The van der Waals surface area contributed by atoms with Crippen molar-refractivity contribution in [1.29, 1.82) is 0 Å². The molecule has 362 valence electrons. The minimum Gasteiger partial charge on any atom is -0.477 e. The van der Waals surface area contributed by atoms with E-state index in [1.54, 1.807) is 0 Å². The predicted molar refractivity (Wildman–Crippen MR) is 261 cm³/mol. The van der Waals surface area contributed by atoms with E-state index in [0.29, 0.717) is 19.3 Å². The Morgan fingerprint density at radius 2 is 0.903 bits per heavy atom. The van der Waals surface area contributed by atoms with Gasteiger partial charge < -0.3 is 23.8 Å². The molecule has 0 aromatic rings. The minimum atomic E-state index is -0.874. The Labute approximate surface area is 383 Å². The first-order valence-corrected chi connectivity index (χ1v) is 26.1. The molecule has 0 fully saturated rings. The lowest BCUT2D eigenvalue weighted by atomic mass is 10.0. The molecule has 0 aliphatic carbocycles. The van der Waals surface area contributed by atoms with Crippen molar-refractivity contribution < 1.29 is 38.2 Å². The maximum Gasteiger partial charge on any atom is 0.362 e. The molecule has 0 bridgehead atoms. The van der Waals surface area contributed by atoms with Crippen LogP contribution in [-0.4, -0.2) is 80.6 Å². The second-order valence-corrected chi connectivity index (χ2v) is 18.8. The van der Waals surface area contributed by atoms with Crippen LogP contribution in [0.25, 0.3) is 0 Å². The van der Waals surface area contributed by atoms with E-state index in [-0.39, 0.29) is 36.2 Å². The molecule has 0 aromatic heterocycles. The number of ether oxygens (including phenoxy) is 3. The van der Waals surface area contributed by atoms with E-state index in [9.17, 15) is 19.5 Å². The van der Waals surface area contributed by atoms with Gasteiger partial charge in [-0.15, -0.1) is 0 Å². The van der Waals surface area contributed by atoms with E-state index >= 15 is 0 Å². The van der Waals surface area contributed by atoms with Crippen LogP contribution in [-0.2, 0) is 28.6 Å². The molecule has 0 radical (unpaired) electrons. The summed E-state index contributed by atoms with van der Waals surface area (Å²) in [6, 6.07) is -0.615. The largest absolute Gasteiger partial charge is 0.477 e. The lowest BCUT2D eigenvalue weighted by Crippen LogP contribution is -2.50. The minimum absolute atomic E-state index is 0.0542. The standard InChI is InChI=1S/C54H99NO7/c1-6-8-10-12-14-16-18-20-22-23-24-25-26-27-28-29-31-33-35-37-39-41-43-45-53(57)62-50(48-60-47-46-51(54(58)59)55(3,4)5)49-61-52(56)44-42-40-38-36-34-32-30-21-19-17-15-13-11-9-7-2/h9,11,13,15,17,19,50-51H,6-8,10,12,14,16,18,20-49H2,1-5H3/p+1/b11-9+,15-13+,19-17+. The van der Waals surface area contributed by atoms with Crippen molar-refractivity contribution in [3.05, 3.63) is 36.5 Å². The van der Waals surface area contributed by atoms with Crippen LogP contribution in [0.4, 0.5) is 0 Å². The number of hydrogen-bond donors (Lipinski definition) is 1. The number of nitrogens with zero attached hydrogens (tertiary/aromatic N) is 1. The SMILES string of the molecule is CC/C=C/C=C/C=C/CCCCCCCCCC(=O)OCC(COCCC(C(=O)O)[N+](C)(C)C)OC(=O)CCCCCCCCCCCCCCCCCCCCCCCCC. The summed E-state index contributed by atoms with van der Waals surface area (Å²) in [7, 11) is 5.54. The van der Waals surface area contributed by atoms with Crippen LogP contribution in [0.5, 0.6) is 0 Å². The van der Waals surface area contributed by atoms with E-state index in [1.807, 2.05) is 21.1 Å². The third kappa shape index (κ3) is 42.8. The summed E-state index contributed by atoms with van der Waals surface area (Å²) in [6.07, 6.45) is 53.4. The number of carbonyl (C=O) groups is 3.